The number of anilines is 2. The summed E-state index contributed by atoms with van der Waals surface area (Å²) in [6.45, 7) is 1.99. The molecular formula is C19H16BrFN4O. The second kappa shape index (κ2) is 8.05. The van der Waals surface area contributed by atoms with Crippen molar-refractivity contribution in [2.75, 3.05) is 10.6 Å². The molecule has 0 radical (unpaired) electrons. The molecule has 3 rings (SSSR count). The second-order valence-corrected chi connectivity index (χ2v) is 6.51. The van der Waals surface area contributed by atoms with Crippen molar-refractivity contribution in [3.8, 4) is 0 Å². The molecule has 0 saturated carbocycles. The molecule has 0 unspecified atom stereocenters. The van der Waals surface area contributed by atoms with Crippen molar-refractivity contribution in [2.45, 2.75) is 13.5 Å². The number of aryl methyl sites for hydroxylation is 1. The highest BCUT2D eigenvalue weighted by atomic mass is 79.9. The van der Waals surface area contributed by atoms with E-state index >= 15 is 0 Å². The number of hydrogen-bond donors (Lipinski definition) is 2. The molecule has 1 aromatic heterocycles. The molecule has 0 bridgehead atoms. The van der Waals surface area contributed by atoms with Gasteiger partial charge in [-0.1, -0.05) is 34.1 Å². The van der Waals surface area contributed by atoms with Gasteiger partial charge in [-0.2, -0.15) is 0 Å². The van der Waals surface area contributed by atoms with Gasteiger partial charge in [0, 0.05) is 28.5 Å². The molecule has 3 aromatic rings. The molecule has 2 N–H and O–H groups in total. The van der Waals surface area contributed by atoms with Crippen molar-refractivity contribution in [2.24, 2.45) is 0 Å². The third-order valence-electron chi connectivity index (χ3n) is 3.72. The Hall–Kier alpha value is -2.80. The topological polar surface area (TPSA) is 66.9 Å². The predicted molar refractivity (Wildman–Crippen MR) is 103 cm³/mol. The fraction of sp³-hybridized carbons (Fsp3) is 0.105. The normalized spacial score (nSPS) is 10.4. The summed E-state index contributed by atoms with van der Waals surface area (Å²) in [6.07, 6.45) is 1.46. The summed E-state index contributed by atoms with van der Waals surface area (Å²) in [7, 11) is 0. The van der Waals surface area contributed by atoms with Gasteiger partial charge in [-0.3, -0.25) is 4.79 Å². The number of rotatable bonds is 5. The monoisotopic (exact) mass is 414 g/mol. The Bertz CT molecular complexity index is 931. The zero-order chi connectivity index (χ0) is 18.5. The van der Waals surface area contributed by atoms with Gasteiger partial charge in [0.05, 0.1) is 11.3 Å². The van der Waals surface area contributed by atoms with Crippen molar-refractivity contribution in [1.82, 2.24) is 9.97 Å². The summed E-state index contributed by atoms with van der Waals surface area (Å²) in [5.74, 6) is -0.237. The van der Waals surface area contributed by atoms with Crippen LogP contribution in [0.3, 0.4) is 0 Å². The number of amides is 1. The van der Waals surface area contributed by atoms with Gasteiger partial charge < -0.3 is 10.6 Å². The van der Waals surface area contributed by atoms with Crippen LogP contribution in [0.2, 0.25) is 0 Å². The second-order valence-electron chi connectivity index (χ2n) is 5.60. The minimum absolute atomic E-state index is 0.260. The Morgan fingerprint density at radius 2 is 1.88 bits per heavy atom. The molecule has 0 saturated heterocycles. The first-order valence-electron chi connectivity index (χ1n) is 7.91. The summed E-state index contributed by atoms with van der Waals surface area (Å²) in [4.78, 5) is 20.8. The third-order valence-corrected chi connectivity index (χ3v) is 4.25. The zero-order valence-corrected chi connectivity index (χ0v) is 15.5. The first kappa shape index (κ1) is 18.0. The quantitative estimate of drug-likeness (QED) is 0.642. The molecule has 0 spiro atoms. The lowest BCUT2D eigenvalue weighted by Gasteiger charge is -2.10. The van der Waals surface area contributed by atoms with E-state index in [1.54, 1.807) is 37.3 Å². The van der Waals surface area contributed by atoms with Gasteiger partial charge in [-0.15, -0.1) is 0 Å². The maximum absolute atomic E-state index is 13.6. The van der Waals surface area contributed by atoms with Crippen molar-refractivity contribution >= 4 is 33.5 Å². The lowest BCUT2D eigenvalue weighted by atomic mass is 10.2. The minimum atomic E-state index is -0.290. The van der Waals surface area contributed by atoms with E-state index in [9.17, 15) is 9.18 Å². The van der Waals surface area contributed by atoms with E-state index in [1.165, 1.54) is 12.3 Å². The van der Waals surface area contributed by atoms with Crippen LogP contribution >= 0.6 is 15.9 Å². The first-order valence-corrected chi connectivity index (χ1v) is 8.70. The average Bonchev–Trinajstić information content (AvgIpc) is 2.63. The molecule has 0 aliphatic heterocycles. The summed E-state index contributed by atoms with van der Waals surface area (Å²) in [5, 5.41) is 5.77. The third kappa shape index (κ3) is 4.43. The molecule has 0 aliphatic carbocycles. The van der Waals surface area contributed by atoms with E-state index < -0.39 is 0 Å². The van der Waals surface area contributed by atoms with Crippen LogP contribution in [-0.2, 0) is 6.54 Å². The number of nitrogens with one attached hydrogen (secondary N) is 2. The van der Waals surface area contributed by atoms with Crippen molar-refractivity contribution in [1.29, 1.82) is 0 Å². The maximum Gasteiger partial charge on any atom is 0.259 e. The molecule has 132 valence electrons. The van der Waals surface area contributed by atoms with E-state index in [0.717, 1.165) is 4.47 Å². The highest BCUT2D eigenvalue weighted by Gasteiger charge is 2.12. The van der Waals surface area contributed by atoms with E-state index in [1.807, 2.05) is 12.1 Å². The van der Waals surface area contributed by atoms with Gasteiger partial charge >= 0.3 is 0 Å². The Morgan fingerprint density at radius 3 is 2.58 bits per heavy atom. The Morgan fingerprint density at radius 1 is 1.15 bits per heavy atom. The number of halogens is 2. The van der Waals surface area contributed by atoms with Crippen LogP contribution in [0.5, 0.6) is 0 Å². The number of aromatic nitrogens is 2. The fourth-order valence-electron chi connectivity index (χ4n) is 2.32. The van der Waals surface area contributed by atoms with Crippen LogP contribution in [0.1, 0.15) is 21.6 Å². The van der Waals surface area contributed by atoms with Crippen LogP contribution in [0, 0.1) is 12.7 Å². The highest BCUT2D eigenvalue weighted by molar-refractivity contribution is 9.10. The van der Waals surface area contributed by atoms with Crippen LogP contribution in [-0.4, -0.2) is 15.9 Å². The Kier molecular flexibility index (Phi) is 5.58. The number of nitrogens with zero attached hydrogens (tertiary/aromatic N) is 2. The maximum atomic E-state index is 13.6. The van der Waals surface area contributed by atoms with E-state index in [-0.39, 0.29) is 18.3 Å². The van der Waals surface area contributed by atoms with Gasteiger partial charge in [-0.25, -0.2) is 14.4 Å². The van der Waals surface area contributed by atoms with E-state index in [2.05, 4.69) is 36.5 Å². The molecule has 0 atom stereocenters. The molecule has 0 aliphatic rings. The zero-order valence-electron chi connectivity index (χ0n) is 14.0. The number of hydrogen-bond acceptors (Lipinski definition) is 4. The lowest BCUT2D eigenvalue weighted by molar-refractivity contribution is 0.102. The molecule has 5 nitrogen and oxygen atoms in total. The average molecular weight is 415 g/mol. The minimum Gasteiger partial charge on any atom is -0.350 e. The van der Waals surface area contributed by atoms with Gasteiger partial charge in [0.1, 0.15) is 5.82 Å². The number of carbonyl (C=O) groups is 1. The van der Waals surface area contributed by atoms with E-state index in [0.29, 0.717) is 28.5 Å². The van der Waals surface area contributed by atoms with Crippen LogP contribution in [0.15, 0.2) is 59.2 Å². The van der Waals surface area contributed by atoms with Crippen LogP contribution in [0.25, 0.3) is 0 Å². The number of benzene rings is 2. The van der Waals surface area contributed by atoms with Gasteiger partial charge in [0.25, 0.3) is 5.91 Å². The van der Waals surface area contributed by atoms with Crippen LogP contribution < -0.4 is 10.6 Å². The highest BCUT2D eigenvalue weighted by Crippen LogP contribution is 2.16. The lowest BCUT2D eigenvalue weighted by Crippen LogP contribution is -2.15. The van der Waals surface area contributed by atoms with Gasteiger partial charge in [0.15, 0.2) is 0 Å². The molecule has 1 heterocycles. The number of carbonyl (C=O) groups excluding carboxylic acids is 1. The SMILES string of the molecule is Cc1nc(NCc2ccccc2F)ncc1C(=O)Nc1ccc(Br)cc1. The van der Waals surface area contributed by atoms with Crippen molar-refractivity contribution in [3.63, 3.8) is 0 Å². The molecular weight excluding hydrogens is 399 g/mol. The summed E-state index contributed by atoms with van der Waals surface area (Å²) >= 11 is 3.35. The standard InChI is InChI=1S/C19H16BrFN4O/c1-12-16(18(26)25-15-8-6-14(20)7-9-15)11-23-19(24-12)22-10-13-4-2-3-5-17(13)21/h2-9,11H,10H2,1H3,(H,25,26)(H,22,23,24). The van der Waals surface area contributed by atoms with Gasteiger partial charge in [-0.05, 0) is 37.3 Å². The predicted octanol–water partition coefficient (Wildman–Crippen LogP) is 4.55. The molecule has 7 heteroatoms. The van der Waals surface area contributed by atoms with Gasteiger partial charge in [0.2, 0.25) is 5.95 Å². The van der Waals surface area contributed by atoms with Crippen molar-refractivity contribution in [3.05, 3.63) is 81.8 Å². The summed E-state index contributed by atoms with van der Waals surface area (Å²) in [6, 6.07) is 13.8. The molecule has 0 fully saturated rings. The molecule has 1 amide bonds. The molecule has 26 heavy (non-hydrogen) atoms. The van der Waals surface area contributed by atoms with Crippen LogP contribution in [0.4, 0.5) is 16.0 Å². The summed E-state index contributed by atoms with van der Waals surface area (Å²) < 4.78 is 14.6. The fourth-order valence-corrected chi connectivity index (χ4v) is 2.59. The Labute approximate surface area is 158 Å². The summed E-state index contributed by atoms with van der Waals surface area (Å²) in [5.41, 5.74) is 2.11. The smallest absolute Gasteiger partial charge is 0.259 e. The first-order chi connectivity index (χ1) is 12.5. The largest absolute Gasteiger partial charge is 0.350 e. The Balaban J connectivity index is 1.67. The van der Waals surface area contributed by atoms with Crippen molar-refractivity contribution < 1.29 is 9.18 Å². The van der Waals surface area contributed by atoms with E-state index in [4.69, 9.17) is 0 Å². The molecule has 2 aromatic carbocycles.